The highest BCUT2D eigenvalue weighted by molar-refractivity contribution is 5.13. The Hall–Kier alpha value is -0.900. The second-order valence-electron chi connectivity index (χ2n) is 9.03. The summed E-state index contributed by atoms with van der Waals surface area (Å²) in [5, 5.41) is 10.3. The van der Waals surface area contributed by atoms with Crippen molar-refractivity contribution in [2.45, 2.75) is 90.2 Å². The molecule has 1 unspecified atom stereocenters. The average Bonchev–Trinajstić information content (AvgIpc) is 2.65. The smallest absolute Gasteiger partial charge is 0.126 e. The minimum Gasteiger partial charge on any atom is -0.385 e. The highest BCUT2D eigenvalue weighted by atomic mass is 16.5. The van der Waals surface area contributed by atoms with Crippen molar-refractivity contribution in [3.8, 4) is 0 Å². The summed E-state index contributed by atoms with van der Waals surface area (Å²) in [4.78, 5) is 0. The van der Waals surface area contributed by atoms with Crippen molar-refractivity contribution in [1.29, 1.82) is 0 Å². The van der Waals surface area contributed by atoms with Crippen LogP contribution in [0.2, 0.25) is 0 Å². The Labute approximate surface area is 174 Å². The first kappa shape index (κ1) is 25.1. The Bertz CT molecular complexity index is 461. The summed E-state index contributed by atoms with van der Waals surface area (Å²) < 4.78 is 6.48. The van der Waals surface area contributed by atoms with Gasteiger partial charge in [-0.1, -0.05) is 101 Å². The minimum absolute atomic E-state index is 0.397. The van der Waals surface area contributed by atoms with Gasteiger partial charge in [0.05, 0.1) is 20.7 Å². The molecule has 0 aromatic heterocycles. The maximum Gasteiger partial charge on any atom is 0.126 e. The van der Waals surface area contributed by atoms with E-state index in [1.165, 1.54) is 69.8 Å². The van der Waals surface area contributed by atoms with E-state index in [2.05, 4.69) is 45.3 Å². The maximum absolute atomic E-state index is 10.3. The minimum atomic E-state index is -0.397. The molecule has 0 radical (unpaired) electrons. The topological polar surface area (TPSA) is 29.5 Å². The Kier molecular flexibility index (Phi) is 14.3. The number of aliphatic hydroxyl groups excluding tert-OH is 1. The second-order valence-corrected chi connectivity index (χ2v) is 9.03. The van der Waals surface area contributed by atoms with Gasteiger partial charge in [0.25, 0.3) is 0 Å². The summed E-state index contributed by atoms with van der Waals surface area (Å²) in [6.45, 7) is 5.15. The highest BCUT2D eigenvalue weighted by Gasteiger charge is 2.21. The standard InChI is InChI=1S/C25H46NO2/c1-4-5-6-7-8-9-10-11-12-13-17-20-28-23-25(27)22-26(2,3)21-24-18-15-14-16-19-24/h14-16,18-19,25,27H,4-13,17,20-23H2,1-3H3/q+1. The number of likely N-dealkylation sites (N-methyl/N-ethyl adjacent to an activating group) is 1. The van der Waals surface area contributed by atoms with Crippen LogP contribution in [0.15, 0.2) is 30.3 Å². The fourth-order valence-corrected chi connectivity index (χ4v) is 3.85. The molecule has 3 nitrogen and oxygen atoms in total. The summed E-state index contributed by atoms with van der Waals surface area (Å²) in [5.41, 5.74) is 1.31. The number of rotatable bonds is 18. The summed E-state index contributed by atoms with van der Waals surface area (Å²) >= 11 is 0. The van der Waals surface area contributed by atoms with Crippen molar-refractivity contribution >= 4 is 0 Å². The fraction of sp³-hybridized carbons (Fsp3) is 0.760. The van der Waals surface area contributed by atoms with Gasteiger partial charge in [-0.2, -0.15) is 0 Å². The van der Waals surface area contributed by atoms with Gasteiger partial charge in [0.1, 0.15) is 19.2 Å². The molecule has 1 aromatic carbocycles. The number of hydrogen-bond donors (Lipinski definition) is 1. The largest absolute Gasteiger partial charge is 0.385 e. The molecule has 0 aliphatic heterocycles. The molecule has 0 bridgehead atoms. The zero-order chi connectivity index (χ0) is 20.5. The van der Waals surface area contributed by atoms with E-state index in [9.17, 15) is 5.11 Å². The van der Waals surface area contributed by atoms with Crippen molar-refractivity contribution in [2.24, 2.45) is 0 Å². The summed E-state index contributed by atoms with van der Waals surface area (Å²) in [6.07, 6.45) is 14.4. The fourth-order valence-electron chi connectivity index (χ4n) is 3.85. The van der Waals surface area contributed by atoms with Crippen LogP contribution in [0.5, 0.6) is 0 Å². The maximum atomic E-state index is 10.3. The molecule has 0 saturated heterocycles. The van der Waals surface area contributed by atoms with Gasteiger partial charge in [-0.05, 0) is 6.42 Å². The van der Waals surface area contributed by atoms with Crippen LogP contribution >= 0.6 is 0 Å². The van der Waals surface area contributed by atoms with Gasteiger partial charge in [-0.25, -0.2) is 0 Å². The Morgan fingerprint density at radius 1 is 0.821 bits per heavy atom. The predicted molar refractivity (Wildman–Crippen MR) is 120 cm³/mol. The van der Waals surface area contributed by atoms with Gasteiger partial charge in [0.2, 0.25) is 0 Å². The number of quaternary nitrogens is 1. The molecule has 0 fully saturated rings. The zero-order valence-corrected chi connectivity index (χ0v) is 18.9. The normalized spacial score (nSPS) is 13.0. The van der Waals surface area contributed by atoms with E-state index in [-0.39, 0.29) is 0 Å². The van der Waals surface area contributed by atoms with Crippen LogP contribution in [-0.4, -0.2) is 49.5 Å². The van der Waals surface area contributed by atoms with Crippen LogP contribution in [0, 0.1) is 0 Å². The lowest BCUT2D eigenvalue weighted by atomic mass is 10.1. The lowest BCUT2D eigenvalue weighted by molar-refractivity contribution is -0.906. The molecular weight excluding hydrogens is 346 g/mol. The van der Waals surface area contributed by atoms with Crippen molar-refractivity contribution in [1.82, 2.24) is 0 Å². The van der Waals surface area contributed by atoms with E-state index >= 15 is 0 Å². The molecule has 1 atom stereocenters. The number of aliphatic hydroxyl groups is 1. The third kappa shape index (κ3) is 14.1. The first-order chi connectivity index (χ1) is 13.5. The van der Waals surface area contributed by atoms with E-state index < -0.39 is 6.10 Å². The van der Waals surface area contributed by atoms with Crippen LogP contribution in [0.3, 0.4) is 0 Å². The van der Waals surface area contributed by atoms with Gasteiger partial charge in [-0.3, -0.25) is 0 Å². The van der Waals surface area contributed by atoms with E-state index in [1.54, 1.807) is 0 Å². The zero-order valence-electron chi connectivity index (χ0n) is 18.9. The highest BCUT2D eigenvalue weighted by Crippen LogP contribution is 2.12. The van der Waals surface area contributed by atoms with Gasteiger partial charge < -0.3 is 14.3 Å². The molecule has 1 N–H and O–H groups in total. The third-order valence-corrected chi connectivity index (χ3v) is 5.36. The lowest BCUT2D eigenvalue weighted by Crippen LogP contribution is -2.45. The molecule has 1 aromatic rings. The van der Waals surface area contributed by atoms with Crippen LogP contribution in [0.1, 0.15) is 83.1 Å². The quantitative estimate of drug-likeness (QED) is 0.247. The van der Waals surface area contributed by atoms with Crippen molar-refractivity contribution in [3.63, 3.8) is 0 Å². The SMILES string of the molecule is CCCCCCCCCCCCCOCC(O)C[N+](C)(C)Cc1ccccc1. The Morgan fingerprint density at radius 3 is 1.93 bits per heavy atom. The molecule has 162 valence electrons. The monoisotopic (exact) mass is 392 g/mol. The first-order valence-corrected chi connectivity index (χ1v) is 11.7. The lowest BCUT2D eigenvalue weighted by Gasteiger charge is -2.32. The van der Waals surface area contributed by atoms with Crippen LogP contribution < -0.4 is 0 Å². The third-order valence-electron chi connectivity index (χ3n) is 5.36. The van der Waals surface area contributed by atoms with E-state index in [1.807, 2.05) is 6.07 Å². The molecule has 0 heterocycles. The molecule has 28 heavy (non-hydrogen) atoms. The molecule has 0 aliphatic rings. The molecule has 3 heteroatoms. The summed E-state index contributed by atoms with van der Waals surface area (Å²) in [6, 6.07) is 10.5. The molecule has 0 spiro atoms. The molecule has 1 rings (SSSR count). The average molecular weight is 393 g/mol. The van der Waals surface area contributed by atoms with E-state index in [0.717, 1.165) is 24.1 Å². The number of hydrogen-bond acceptors (Lipinski definition) is 2. The van der Waals surface area contributed by atoms with Crippen molar-refractivity contribution in [3.05, 3.63) is 35.9 Å². The van der Waals surface area contributed by atoms with Gasteiger partial charge in [0, 0.05) is 12.2 Å². The van der Waals surface area contributed by atoms with Crippen LogP contribution in [0.25, 0.3) is 0 Å². The first-order valence-electron chi connectivity index (χ1n) is 11.7. The summed E-state index contributed by atoms with van der Waals surface area (Å²) in [7, 11) is 4.33. The molecule has 0 saturated carbocycles. The number of nitrogens with zero attached hydrogens (tertiary/aromatic N) is 1. The molecular formula is C25H46NO2+. The van der Waals surface area contributed by atoms with Crippen molar-refractivity contribution in [2.75, 3.05) is 33.9 Å². The summed E-state index contributed by atoms with van der Waals surface area (Å²) in [5.74, 6) is 0. The number of ether oxygens (including phenoxy) is 1. The number of unbranched alkanes of at least 4 members (excludes halogenated alkanes) is 10. The molecule has 0 aliphatic carbocycles. The van der Waals surface area contributed by atoms with Gasteiger partial charge in [-0.15, -0.1) is 0 Å². The Morgan fingerprint density at radius 2 is 1.36 bits per heavy atom. The van der Waals surface area contributed by atoms with Crippen LogP contribution in [-0.2, 0) is 11.3 Å². The van der Waals surface area contributed by atoms with Gasteiger partial charge in [0.15, 0.2) is 0 Å². The second kappa shape index (κ2) is 16.0. The van der Waals surface area contributed by atoms with Crippen molar-refractivity contribution < 1.29 is 14.3 Å². The molecule has 0 amide bonds. The van der Waals surface area contributed by atoms with E-state index in [4.69, 9.17) is 4.74 Å². The van der Waals surface area contributed by atoms with Crippen LogP contribution in [0.4, 0.5) is 0 Å². The van der Waals surface area contributed by atoms with Gasteiger partial charge >= 0.3 is 0 Å². The Balaban J connectivity index is 1.94. The van der Waals surface area contributed by atoms with E-state index in [0.29, 0.717) is 13.2 Å². The predicted octanol–water partition coefficient (Wildman–Crippen LogP) is 5.95. The number of benzene rings is 1.